The van der Waals surface area contributed by atoms with Crippen molar-refractivity contribution in [3.05, 3.63) is 47.2 Å². The van der Waals surface area contributed by atoms with E-state index in [1.165, 1.54) is 30.4 Å². The lowest BCUT2D eigenvalue weighted by atomic mass is 9.42. The van der Waals surface area contributed by atoms with E-state index in [0.29, 0.717) is 17.7 Å². The maximum Gasteiger partial charge on any atom is 0.231 e. The van der Waals surface area contributed by atoms with Crippen LogP contribution in [0, 0.1) is 31.1 Å². The highest BCUT2D eigenvalue weighted by Gasteiger charge is 2.60. The predicted octanol–water partition coefficient (Wildman–Crippen LogP) is 4.77. The van der Waals surface area contributed by atoms with E-state index in [9.17, 15) is 4.79 Å². The second kappa shape index (κ2) is 5.45. The minimum absolute atomic E-state index is 0.149. The van der Waals surface area contributed by atoms with Crippen LogP contribution in [0.15, 0.2) is 34.9 Å². The van der Waals surface area contributed by atoms with Crippen molar-refractivity contribution in [3.63, 3.8) is 0 Å². The molecular formula is C22H26N2O2. The molecule has 4 nitrogen and oxygen atoms in total. The predicted molar refractivity (Wildman–Crippen MR) is 99.8 cm³/mol. The summed E-state index contributed by atoms with van der Waals surface area (Å²) in [5.41, 5.74) is 2.66. The summed E-state index contributed by atoms with van der Waals surface area (Å²) >= 11 is 0. The fraction of sp³-hybridized carbons (Fsp3) is 0.545. The number of aromatic nitrogens is 1. The topological polar surface area (TPSA) is 55.1 Å². The molecule has 4 bridgehead atoms. The van der Waals surface area contributed by atoms with Crippen LogP contribution < -0.4 is 5.32 Å². The molecule has 2 atom stereocenters. The zero-order valence-corrected chi connectivity index (χ0v) is 15.5. The van der Waals surface area contributed by atoms with Gasteiger partial charge in [-0.3, -0.25) is 4.79 Å². The van der Waals surface area contributed by atoms with Crippen molar-refractivity contribution in [2.75, 3.05) is 5.32 Å². The Bertz CT molecular complexity index is 837. The Labute approximate surface area is 154 Å². The van der Waals surface area contributed by atoms with Gasteiger partial charge < -0.3 is 9.84 Å². The number of carbonyl (C=O) groups is 1. The van der Waals surface area contributed by atoms with Gasteiger partial charge in [0.1, 0.15) is 5.76 Å². The lowest BCUT2D eigenvalue weighted by molar-refractivity contribution is -0.143. The number of carbonyl (C=O) groups excluding carboxylic acids is 1. The highest BCUT2D eigenvalue weighted by molar-refractivity contribution is 5.95. The third-order valence-corrected chi connectivity index (χ3v) is 7.08. The highest BCUT2D eigenvalue weighted by atomic mass is 16.5. The van der Waals surface area contributed by atoms with Gasteiger partial charge in [-0.2, -0.15) is 0 Å². The van der Waals surface area contributed by atoms with Crippen LogP contribution in [0.5, 0.6) is 0 Å². The number of amides is 1. The average Bonchev–Trinajstić information content (AvgIpc) is 2.99. The Balaban J connectivity index is 1.48. The summed E-state index contributed by atoms with van der Waals surface area (Å²) in [7, 11) is 0. The maximum atomic E-state index is 13.3. The number of aryl methyl sites for hydroxylation is 2. The maximum absolute atomic E-state index is 13.3. The fourth-order valence-electron chi connectivity index (χ4n) is 6.45. The molecule has 4 aliphatic carbocycles. The molecule has 1 amide bonds. The van der Waals surface area contributed by atoms with Crippen molar-refractivity contribution in [1.29, 1.82) is 0 Å². The van der Waals surface area contributed by atoms with E-state index >= 15 is 0 Å². The molecule has 1 heterocycles. The standard InChI is InChI=1S/C22H26N2O2/c1-14-3-5-18(6-4-14)21-9-16-8-17(10-21)12-22(11-16,13-21)20(25)23-19-7-15(2)26-24-19/h3-7,16-17H,8-13H2,1-2H3,(H,23,24,25)/t16-,17-,21?,22?/m1/s1. The summed E-state index contributed by atoms with van der Waals surface area (Å²) in [6, 6.07) is 10.8. The molecule has 4 aliphatic rings. The summed E-state index contributed by atoms with van der Waals surface area (Å²) in [5, 5.41) is 7.02. The second-order valence-corrected chi connectivity index (χ2v) is 9.16. The second-order valence-electron chi connectivity index (χ2n) is 9.16. The molecule has 6 rings (SSSR count). The van der Waals surface area contributed by atoms with Gasteiger partial charge in [0.2, 0.25) is 5.91 Å². The first-order valence-electron chi connectivity index (χ1n) is 9.78. The van der Waals surface area contributed by atoms with Gasteiger partial charge in [0.25, 0.3) is 0 Å². The smallest absolute Gasteiger partial charge is 0.231 e. The molecule has 26 heavy (non-hydrogen) atoms. The van der Waals surface area contributed by atoms with Crippen molar-refractivity contribution in [2.45, 2.75) is 57.8 Å². The number of nitrogens with one attached hydrogen (secondary N) is 1. The first-order valence-corrected chi connectivity index (χ1v) is 9.78. The number of anilines is 1. The molecule has 4 heteroatoms. The van der Waals surface area contributed by atoms with Crippen LogP contribution in [-0.2, 0) is 10.2 Å². The van der Waals surface area contributed by atoms with Gasteiger partial charge in [-0.25, -0.2) is 0 Å². The molecule has 1 aromatic heterocycles. The van der Waals surface area contributed by atoms with Gasteiger partial charge in [0.05, 0.1) is 5.41 Å². The summed E-state index contributed by atoms with van der Waals surface area (Å²) in [4.78, 5) is 13.3. The summed E-state index contributed by atoms with van der Waals surface area (Å²) in [6.45, 7) is 3.98. The average molecular weight is 350 g/mol. The van der Waals surface area contributed by atoms with E-state index < -0.39 is 0 Å². The van der Waals surface area contributed by atoms with Crippen molar-refractivity contribution >= 4 is 11.7 Å². The molecule has 0 radical (unpaired) electrons. The van der Waals surface area contributed by atoms with Gasteiger partial charge in [0.15, 0.2) is 5.82 Å². The monoisotopic (exact) mass is 350 g/mol. The van der Waals surface area contributed by atoms with E-state index in [1.807, 2.05) is 6.92 Å². The molecule has 2 aromatic rings. The van der Waals surface area contributed by atoms with Crippen LogP contribution in [0.1, 0.15) is 55.4 Å². The van der Waals surface area contributed by atoms with Crippen LogP contribution in [0.2, 0.25) is 0 Å². The van der Waals surface area contributed by atoms with Crippen LogP contribution >= 0.6 is 0 Å². The molecular weight excluding hydrogens is 324 g/mol. The molecule has 0 unspecified atom stereocenters. The fourth-order valence-corrected chi connectivity index (χ4v) is 6.45. The molecule has 4 fully saturated rings. The number of benzene rings is 1. The minimum atomic E-state index is -0.248. The van der Waals surface area contributed by atoms with Crippen molar-refractivity contribution in [2.24, 2.45) is 17.3 Å². The Kier molecular flexibility index (Phi) is 3.37. The Morgan fingerprint density at radius 2 is 1.81 bits per heavy atom. The van der Waals surface area contributed by atoms with Crippen molar-refractivity contribution < 1.29 is 9.32 Å². The Hall–Kier alpha value is -2.10. The molecule has 0 saturated heterocycles. The van der Waals surface area contributed by atoms with Crippen molar-refractivity contribution in [3.8, 4) is 0 Å². The number of rotatable bonds is 3. The quantitative estimate of drug-likeness (QED) is 0.867. The molecule has 1 N–H and O–H groups in total. The van der Waals surface area contributed by atoms with E-state index in [0.717, 1.165) is 25.0 Å². The van der Waals surface area contributed by atoms with Gasteiger partial charge >= 0.3 is 0 Å². The molecule has 0 aliphatic heterocycles. The zero-order chi connectivity index (χ0) is 17.9. The van der Waals surface area contributed by atoms with E-state index in [2.05, 4.69) is 41.7 Å². The third kappa shape index (κ3) is 2.42. The van der Waals surface area contributed by atoms with Gasteiger partial charge in [-0.1, -0.05) is 35.0 Å². The lowest BCUT2D eigenvalue weighted by Crippen LogP contribution is -2.58. The molecule has 4 saturated carbocycles. The lowest BCUT2D eigenvalue weighted by Gasteiger charge is -2.61. The third-order valence-electron chi connectivity index (χ3n) is 7.08. The first kappa shape index (κ1) is 16.1. The van der Waals surface area contributed by atoms with Gasteiger partial charge in [-0.15, -0.1) is 0 Å². The number of hydrogen-bond acceptors (Lipinski definition) is 3. The zero-order valence-electron chi connectivity index (χ0n) is 15.5. The van der Waals surface area contributed by atoms with Crippen LogP contribution in [0.3, 0.4) is 0 Å². The summed E-state index contributed by atoms with van der Waals surface area (Å²) < 4.78 is 5.12. The number of hydrogen-bond donors (Lipinski definition) is 1. The first-order chi connectivity index (χ1) is 12.5. The Morgan fingerprint density at radius 1 is 1.12 bits per heavy atom. The normalized spacial score (nSPS) is 34.8. The van der Waals surface area contributed by atoms with Crippen LogP contribution in [0.4, 0.5) is 5.82 Å². The van der Waals surface area contributed by atoms with Crippen LogP contribution in [0.25, 0.3) is 0 Å². The van der Waals surface area contributed by atoms with E-state index in [-0.39, 0.29) is 16.7 Å². The van der Waals surface area contributed by atoms with Gasteiger partial charge in [-0.05, 0) is 75.2 Å². The molecule has 0 spiro atoms. The van der Waals surface area contributed by atoms with Crippen LogP contribution in [-0.4, -0.2) is 11.1 Å². The van der Waals surface area contributed by atoms with Crippen molar-refractivity contribution in [1.82, 2.24) is 5.16 Å². The number of nitrogens with zero attached hydrogens (tertiary/aromatic N) is 1. The molecule has 136 valence electrons. The summed E-state index contributed by atoms with van der Waals surface area (Å²) in [6.07, 6.45) is 6.80. The van der Waals surface area contributed by atoms with Gasteiger partial charge in [0, 0.05) is 6.07 Å². The van der Waals surface area contributed by atoms with E-state index in [4.69, 9.17) is 4.52 Å². The minimum Gasteiger partial charge on any atom is -0.360 e. The molecule has 1 aromatic carbocycles. The highest BCUT2D eigenvalue weighted by Crippen LogP contribution is 2.65. The Morgan fingerprint density at radius 3 is 2.42 bits per heavy atom. The van der Waals surface area contributed by atoms with E-state index in [1.54, 1.807) is 6.07 Å². The SMILES string of the molecule is Cc1ccc(C23C[C@H]4C[C@@H](CC(C(=O)Nc5cc(C)on5)(C4)C2)C3)cc1. The largest absolute Gasteiger partial charge is 0.360 e. The summed E-state index contributed by atoms with van der Waals surface area (Å²) in [5.74, 6) is 2.76.